The highest BCUT2D eigenvalue weighted by molar-refractivity contribution is 5.98. The average molecular weight is 488 g/mol. The summed E-state index contributed by atoms with van der Waals surface area (Å²) in [7, 11) is 0. The Morgan fingerprint density at radius 1 is 0.833 bits per heavy atom. The van der Waals surface area contributed by atoms with Crippen LogP contribution >= 0.6 is 0 Å². The highest BCUT2D eigenvalue weighted by Crippen LogP contribution is 2.32. The molecule has 0 radical (unpaired) electrons. The van der Waals surface area contributed by atoms with Crippen molar-refractivity contribution in [1.29, 1.82) is 0 Å². The molecule has 7 heteroatoms. The summed E-state index contributed by atoms with van der Waals surface area (Å²) in [6.07, 6.45) is 9.70. The Balaban J connectivity index is 1.13. The Morgan fingerprint density at radius 2 is 1.47 bits per heavy atom. The maximum Gasteiger partial charge on any atom is 0.252 e. The Kier molecular flexibility index (Phi) is 7.47. The molecule has 0 unspecified atom stereocenters. The monoisotopic (exact) mass is 487 g/mol. The van der Waals surface area contributed by atoms with Gasteiger partial charge in [-0.3, -0.25) is 14.4 Å². The molecule has 2 atom stereocenters. The largest absolute Gasteiger partial charge is 0.368 e. The van der Waals surface area contributed by atoms with E-state index in [0.29, 0.717) is 37.6 Å². The molecule has 2 aromatic rings. The lowest BCUT2D eigenvalue weighted by Crippen LogP contribution is -2.47. The number of benzene rings is 2. The fraction of sp³-hybridized carbons (Fsp3) is 0.414. The van der Waals surface area contributed by atoms with E-state index < -0.39 is 12.1 Å². The third kappa shape index (κ3) is 6.21. The lowest BCUT2D eigenvalue weighted by atomic mass is 10.1. The topological polar surface area (TPSA) is 87.7 Å². The van der Waals surface area contributed by atoms with Crippen LogP contribution in [0.3, 0.4) is 0 Å². The van der Waals surface area contributed by atoms with Gasteiger partial charge in [0.05, 0.1) is 0 Å². The number of ether oxygens (including phenoxy) is 1. The van der Waals surface area contributed by atoms with Crippen molar-refractivity contribution in [3.63, 3.8) is 0 Å². The molecule has 0 spiro atoms. The van der Waals surface area contributed by atoms with Gasteiger partial charge in [0, 0.05) is 30.9 Å². The normalized spacial score (nSPS) is 21.6. The number of hydrogen-bond donors (Lipinski definition) is 2. The van der Waals surface area contributed by atoms with E-state index in [1.165, 1.54) is 12.8 Å². The Bertz CT molecular complexity index is 1120. The van der Waals surface area contributed by atoms with Crippen molar-refractivity contribution in [2.75, 3.05) is 23.8 Å². The number of anilines is 2. The van der Waals surface area contributed by atoms with Crippen molar-refractivity contribution >= 4 is 41.2 Å². The maximum absolute atomic E-state index is 12.9. The number of rotatable bonds is 8. The van der Waals surface area contributed by atoms with Gasteiger partial charge in [0.15, 0.2) is 0 Å². The van der Waals surface area contributed by atoms with Crippen LogP contribution in [0.4, 0.5) is 11.4 Å². The first-order valence-electron chi connectivity index (χ1n) is 13.0. The summed E-state index contributed by atoms with van der Waals surface area (Å²) in [5.41, 5.74) is 3.56. The highest BCUT2D eigenvalue weighted by atomic mass is 16.5. The molecule has 36 heavy (non-hydrogen) atoms. The zero-order chi connectivity index (χ0) is 24.9. The molecule has 1 aliphatic carbocycles. The second-order valence-corrected chi connectivity index (χ2v) is 9.95. The molecule has 0 aromatic heterocycles. The summed E-state index contributed by atoms with van der Waals surface area (Å²) < 4.78 is 5.53. The van der Waals surface area contributed by atoms with Gasteiger partial charge in [-0.15, -0.1) is 0 Å². The zero-order valence-corrected chi connectivity index (χ0v) is 20.4. The van der Waals surface area contributed by atoms with Crippen LogP contribution < -0.4 is 10.6 Å². The van der Waals surface area contributed by atoms with Crippen LogP contribution in [0.15, 0.2) is 48.5 Å². The third-order valence-corrected chi connectivity index (χ3v) is 7.06. The first kappa shape index (κ1) is 24.3. The quantitative estimate of drug-likeness (QED) is 0.528. The van der Waals surface area contributed by atoms with Crippen LogP contribution in [0, 0.1) is 5.92 Å². The molecule has 7 nitrogen and oxygen atoms in total. The van der Waals surface area contributed by atoms with Gasteiger partial charge in [0.1, 0.15) is 12.1 Å². The SMILES string of the molecule is O=C(CC1CC1)Nc1ccc(C=Cc2ccc(NC(=O)[C@@H]3CCCN3C(=O)[C@H]3CCCO3)cc2)cc1. The van der Waals surface area contributed by atoms with E-state index in [9.17, 15) is 14.4 Å². The molecule has 1 saturated carbocycles. The van der Waals surface area contributed by atoms with Gasteiger partial charge in [-0.1, -0.05) is 36.4 Å². The second-order valence-electron chi connectivity index (χ2n) is 9.95. The molecular formula is C29H33N3O4. The first-order chi connectivity index (χ1) is 17.5. The number of nitrogens with zero attached hydrogens (tertiary/aromatic N) is 1. The maximum atomic E-state index is 12.9. The molecule has 5 rings (SSSR count). The molecule has 3 aliphatic rings. The molecule has 2 aromatic carbocycles. The molecule has 188 valence electrons. The molecule has 2 saturated heterocycles. The summed E-state index contributed by atoms with van der Waals surface area (Å²) in [6.45, 7) is 1.22. The van der Waals surface area contributed by atoms with E-state index in [0.717, 1.165) is 36.1 Å². The van der Waals surface area contributed by atoms with Crippen LogP contribution in [0.5, 0.6) is 0 Å². The van der Waals surface area contributed by atoms with E-state index in [1.807, 2.05) is 60.7 Å². The molecule has 3 fully saturated rings. The van der Waals surface area contributed by atoms with E-state index in [2.05, 4.69) is 10.6 Å². The lowest BCUT2D eigenvalue weighted by Gasteiger charge is -2.26. The smallest absolute Gasteiger partial charge is 0.252 e. The van der Waals surface area contributed by atoms with Crippen molar-refractivity contribution in [1.82, 2.24) is 4.90 Å². The summed E-state index contributed by atoms with van der Waals surface area (Å²) >= 11 is 0. The van der Waals surface area contributed by atoms with Gasteiger partial charge in [0.25, 0.3) is 5.91 Å². The van der Waals surface area contributed by atoms with Crippen LogP contribution in [-0.4, -0.2) is 47.9 Å². The number of nitrogens with one attached hydrogen (secondary N) is 2. The summed E-state index contributed by atoms with van der Waals surface area (Å²) in [4.78, 5) is 39.3. The predicted molar refractivity (Wildman–Crippen MR) is 140 cm³/mol. The third-order valence-electron chi connectivity index (χ3n) is 7.06. The standard InChI is InChI=1S/C29H33N3O4/c33-27(19-22-7-8-22)30-23-13-9-20(10-14-23)5-6-21-11-15-24(16-12-21)31-28(34)25-3-1-17-32(25)29(35)26-4-2-18-36-26/h5-6,9-16,22,25-26H,1-4,7-8,17-19H2,(H,30,33)(H,31,34)/t25-,26+/m0/s1. The van der Waals surface area contributed by atoms with Crippen molar-refractivity contribution < 1.29 is 19.1 Å². The minimum atomic E-state index is -0.442. The van der Waals surface area contributed by atoms with Crippen molar-refractivity contribution in [2.45, 2.75) is 57.1 Å². The number of amides is 3. The number of carbonyl (C=O) groups excluding carboxylic acids is 3. The van der Waals surface area contributed by atoms with E-state index >= 15 is 0 Å². The molecule has 2 N–H and O–H groups in total. The van der Waals surface area contributed by atoms with Crippen molar-refractivity contribution in [3.8, 4) is 0 Å². The lowest BCUT2D eigenvalue weighted by molar-refractivity contribution is -0.144. The Hall–Kier alpha value is -3.45. The van der Waals surface area contributed by atoms with Crippen LogP contribution in [0.25, 0.3) is 12.2 Å². The number of carbonyl (C=O) groups is 3. The minimum absolute atomic E-state index is 0.0562. The zero-order valence-electron chi connectivity index (χ0n) is 20.4. The van der Waals surface area contributed by atoms with Gasteiger partial charge in [-0.2, -0.15) is 0 Å². The molecular weight excluding hydrogens is 454 g/mol. The van der Waals surface area contributed by atoms with Gasteiger partial charge < -0.3 is 20.3 Å². The van der Waals surface area contributed by atoms with Crippen LogP contribution in [0.1, 0.15) is 56.1 Å². The molecule has 2 aliphatic heterocycles. The highest BCUT2D eigenvalue weighted by Gasteiger charge is 2.38. The second kappa shape index (κ2) is 11.1. The fourth-order valence-corrected chi connectivity index (χ4v) is 4.83. The molecule has 2 heterocycles. The van der Waals surface area contributed by atoms with Gasteiger partial charge in [-0.05, 0) is 79.8 Å². The summed E-state index contributed by atoms with van der Waals surface area (Å²) in [5.74, 6) is 0.457. The number of likely N-dealkylation sites (tertiary alicyclic amines) is 1. The summed E-state index contributed by atoms with van der Waals surface area (Å²) in [6, 6.07) is 15.0. The first-order valence-corrected chi connectivity index (χ1v) is 13.0. The molecule has 3 amide bonds. The Labute approximate surface area is 211 Å². The van der Waals surface area contributed by atoms with E-state index in [1.54, 1.807) is 4.90 Å². The van der Waals surface area contributed by atoms with Crippen molar-refractivity contribution in [3.05, 3.63) is 59.7 Å². The fourth-order valence-electron chi connectivity index (χ4n) is 4.83. The Morgan fingerprint density at radius 3 is 2.06 bits per heavy atom. The minimum Gasteiger partial charge on any atom is -0.368 e. The van der Waals surface area contributed by atoms with Gasteiger partial charge >= 0.3 is 0 Å². The molecule has 0 bridgehead atoms. The van der Waals surface area contributed by atoms with Gasteiger partial charge in [-0.25, -0.2) is 0 Å². The predicted octanol–water partition coefficient (Wildman–Crippen LogP) is 4.70. The van der Waals surface area contributed by atoms with E-state index in [-0.39, 0.29) is 17.7 Å². The van der Waals surface area contributed by atoms with E-state index in [4.69, 9.17) is 4.74 Å². The van der Waals surface area contributed by atoms with Gasteiger partial charge in [0.2, 0.25) is 11.8 Å². The van der Waals surface area contributed by atoms with Crippen LogP contribution in [-0.2, 0) is 19.1 Å². The summed E-state index contributed by atoms with van der Waals surface area (Å²) in [5, 5.41) is 5.92. The average Bonchev–Trinajstić information content (AvgIpc) is 3.34. The van der Waals surface area contributed by atoms with Crippen LogP contribution in [0.2, 0.25) is 0 Å². The van der Waals surface area contributed by atoms with Crippen molar-refractivity contribution in [2.24, 2.45) is 5.92 Å². The number of hydrogen-bond acceptors (Lipinski definition) is 4.